The third-order valence-electron chi connectivity index (χ3n) is 3.19. The average molecular weight is 300 g/mol. The number of nitrogens with one attached hydrogen (secondary N) is 1. The quantitative estimate of drug-likeness (QED) is 0.942. The predicted octanol–water partition coefficient (Wildman–Crippen LogP) is 2.88. The SMILES string of the molecule is Cc1cc(NCc2ccc(S(C)(=O)=O)cc2)ccc1C#N. The molecule has 0 aromatic heterocycles. The molecule has 0 bridgehead atoms. The number of benzene rings is 2. The summed E-state index contributed by atoms with van der Waals surface area (Å²) < 4.78 is 22.8. The maximum absolute atomic E-state index is 11.4. The molecule has 2 aromatic carbocycles. The van der Waals surface area contributed by atoms with Crippen LogP contribution in [-0.2, 0) is 16.4 Å². The molecule has 108 valence electrons. The highest BCUT2D eigenvalue weighted by atomic mass is 32.2. The van der Waals surface area contributed by atoms with Gasteiger partial charge in [-0.05, 0) is 48.4 Å². The molecule has 4 nitrogen and oxygen atoms in total. The van der Waals surface area contributed by atoms with Gasteiger partial charge in [0.25, 0.3) is 0 Å². The average Bonchev–Trinajstić information content (AvgIpc) is 2.45. The van der Waals surface area contributed by atoms with Gasteiger partial charge >= 0.3 is 0 Å². The number of nitriles is 1. The zero-order chi connectivity index (χ0) is 15.5. The van der Waals surface area contributed by atoms with Crippen LogP contribution in [0.5, 0.6) is 0 Å². The van der Waals surface area contributed by atoms with Crippen LogP contribution < -0.4 is 5.32 Å². The number of hydrogen-bond donors (Lipinski definition) is 1. The highest BCUT2D eigenvalue weighted by Crippen LogP contribution is 2.16. The summed E-state index contributed by atoms with van der Waals surface area (Å²) in [6, 6.07) is 14.5. The molecule has 2 aromatic rings. The van der Waals surface area contributed by atoms with Gasteiger partial charge in [0.2, 0.25) is 0 Å². The molecule has 0 aliphatic rings. The summed E-state index contributed by atoms with van der Waals surface area (Å²) in [5.74, 6) is 0. The summed E-state index contributed by atoms with van der Waals surface area (Å²) in [4.78, 5) is 0.320. The molecule has 0 unspecified atom stereocenters. The molecule has 0 fully saturated rings. The predicted molar refractivity (Wildman–Crippen MR) is 82.8 cm³/mol. The zero-order valence-electron chi connectivity index (χ0n) is 11.9. The monoisotopic (exact) mass is 300 g/mol. The molecule has 0 atom stereocenters. The maximum Gasteiger partial charge on any atom is 0.175 e. The van der Waals surface area contributed by atoms with Crippen molar-refractivity contribution >= 4 is 15.5 Å². The van der Waals surface area contributed by atoms with Gasteiger partial charge in [-0.2, -0.15) is 5.26 Å². The molecule has 5 heteroatoms. The van der Waals surface area contributed by atoms with Crippen LogP contribution in [0.3, 0.4) is 0 Å². The number of anilines is 1. The summed E-state index contributed by atoms with van der Waals surface area (Å²) in [5.41, 5.74) is 3.51. The molecule has 0 aliphatic heterocycles. The second kappa shape index (κ2) is 5.98. The van der Waals surface area contributed by atoms with E-state index in [9.17, 15) is 8.42 Å². The standard InChI is InChI=1S/C16H16N2O2S/c1-12-9-15(6-5-14(12)10-17)18-11-13-3-7-16(8-4-13)21(2,19)20/h3-9,18H,11H2,1-2H3. The first kappa shape index (κ1) is 15.1. The highest BCUT2D eigenvalue weighted by molar-refractivity contribution is 7.90. The highest BCUT2D eigenvalue weighted by Gasteiger charge is 2.06. The lowest BCUT2D eigenvalue weighted by atomic mass is 10.1. The number of nitrogens with zero attached hydrogens (tertiary/aromatic N) is 1. The van der Waals surface area contributed by atoms with Crippen LogP contribution in [0.4, 0.5) is 5.69 Å². The molecule has 21 heavy (non-hydrogen) atoms. The van der Waals surface area contributed by atoms with Crippen LogP contribution in [0.15, 0.2) is 47.4 Å². The molecular formula is C16H16N2O2S. The minimum absolute atomic E-state index is 0.320. The number of rotatable bonds is 4. The van der Waals surface area contributed by atoms with E-state index in [-0.39, 0.29) is 0 Å². The van der Waals surface area contributed by atoms with Gasteiger partial charge in [-0.1, -0.05) is 12.1 Å². The summed E-state index contributed by atoms with van der Waals surface area (Å²) in [6.45, 7) is 2.49. The van der Waals surface area contributed by atoms with E-state index in [1.54, 1.807) is 30.3 Å². The Balaban J connectivity index is 2.07. The smallest absolute Gasteiger partial charge is 0.175 e. The molecule has 2 rings (SSSR count). The van der Waals surface area contributed by atoms with Crippen molar-refractivity contribution in [3.05, 3.63) is 59.2 Å². The topological polar surface area (TPSA) is 70.0 Å². The van der Waals surface area contributed by atoms with E-state index in [0.29, 0.717) is 17.0 Å². The third-order valence-corrected chi connectivity index (χ3v) is 4.32. The molecule has 0 spiro atoms. The van der Waals surface area contributed by atoms with Gasteiger partial charge in [-0.3, -0.25) is 0 Å². The van der Waals surface area contributed by atoms with Gasteiger partial charge in [0.1, 0.15) is 0 Å². The van der Waals surface area contributed by atoms with E-state index < -0.39 is 9.84 Å². The fraction of sp³-hybridized carbons (Fsp3) is 0.188. The van der Waals surface area contributed by atoms with Gasteiger partial charge in [0.15, 0.2) is 9.84 Å². The fourth-order valence-electron chi connectivity index (χ4n) is 1.96. The van der Waals surface area contributed by atoms with Crippen molar-refractivity contribution in [2.75, 3.05) is 11.6 Å². The van der Waals surface area contributed by atoms with Crippen molar-refractivity contribution in [2.24, 2.45) is 0 Å². The van der Waals surface area contributed by atoms with Crippen molar-refractivity contribution in [1.29, 1.82) is 5.26 Å². The van der Waals surface area contributed by atoms with Gasteiger partial charge < -0.3 is 5.32 Å². The Labute approximate surface area is 125 Å². The van der Waals surface area contributed by atoms with Crippen molar-refractivity contribution in [1.82, 2.24) is 0 Å². The molecule has 0 heterocycles. The first-order valence-corrected chi connectivity index (χ1v) is 8.33. The number of hydrogen-bond acceptors (Lipinski definition) is 4. The molecule has 0 radical (unpaired) electrons. The van der Waals surface area contributed by atoms with Crippen LogP contribution in [-0.4, -0.2) is 14.7 Å². The fourth-order valence-corrected chi connectivity index (χ4v) is 2.59. The van der Waals surface area contributed by atoms with Crippen molar-refractivity contribution in [3.63, 3.8) is 0 Å². The Morgan fingerprint density at radius 1 is 1.14 bits per heavy atom. The minimum Gasteiger partial charge on any atom is -0.381 e. The molecule has 0 aliphatic carbocycles. The van der Waals surface area contributed by atoms with Crippen LogP contribution in [0, 0.1) is 18.3 Å². The van der Waals surface area contributed by atoms with Crippen LogP contribution in [0.2, 0.25) is 0 Å². The van der Waals surface area contributed by atoms with Crippen molar-refractivity contribution in [3.8, 4) is 6.07 Å². The van der Waals surface area contributed by atoms with Gasteiger partial charge in [-0.15, -0.1) is 0 Å². The van der Waals surface area contributed by atoms with Gasteiger partial charge in [0.05, 0.1) is 16.5 Å². The lowest BCUT2D eigenvalue weighted by molar-refractivity contribution is 0.602. The zero-order valence-corrected chi connectivity index (χ0v) is 12.7. The van der Waals surface area contributed by atoms with E-state index in [1.165, 1.54) is 6.26 Å². The van der Waals surface area contributed by atoms with E-state index in [1.807, 2.05) is 19.1 Å². The van der Waals surface area contributed by atoms with Crippen molar-refractivity contribution < 1.29 is 8.42 Å². The summed E-state index contributed by atoms with van der Waals surface area (Å²) in [7, 11) is -3.15. The van der Waals surface area contributed by atoms with Gasteiger partial charge in [0, 0.05) is 18.5 Å². The summed E-state index contributed by atoms with van der Waals surface area (Å²) in [6.07, 6.45) is 1.19. The van der Waals surface area contributed by atoms with E-state index >= 15 is 0 Å². The lowest BCUT2D eigenvalue weighted by Crippen LogP contribution is -2.01. The second-order valence-corrected chi connectivity index (χ2v) is 6.93. The van der Waals surface area contributed by atoms with Crippen LogP contribution in [0.1, 0.15) is 16.7 Å². The molecule has 0 amide bonds. The first-order valence-electron chi connectivity index (χ1n) is 6.44. The second-order valence-electron chi connectivity index (χ2n) is 4.91. The maximum atomic E-state index is 11.4. The molecular weight excluding hydrogens is 284 g/mol. The number of aryl methyl sites for hydroxylation is 1. The Kier molecular flexibility index (Phi) is 4.29. The third kappa shape index (κ3) is 3.83. The first-order chi connectivity index (χ1) is 9.90. The Morgan fingerprint density at radius 2 is 1.81 bits per heavy atom. The van der Waals surface area contributed by atoms with Crippen LogP contribution >= 0.6 is 0 Å². The molecule has 0 saturated carbocycles. The van der Waals surface area contributed by atoms with Gasteiger partial charge in [-0.25, -0.2) is 8.42 Å². The van der Waals surface area contributed by atoms with Crippen molar-refractivity contribution in [2.45, 2.75) is 18.4 Å². The lowest BCUT2D eigenvalue weighted by Gasteiger charge is -2.08. The Hall–Kier alpha value is -2.32. The van der Waals surface area contributed by atoms with Crippen LogP contribution in [0.25, 0.3) is 0 Å². The normalized spacial score (nSPS) is 10.9. The van der Waals surface area contributed by atoms with E-state index in [0.717, 1.165) is 16.8 Å². The summed E-state index contributed by atoms with van der Waals surface area (Å²) >= 11 is 0. The molecule has 1 N–H and O–H groups in total. The Bertz CT molecular complexity index is 788. The number of sulfone groups is 1. The largest absolute Gasteiger partial charge is 0.381 e. The van der Waals surface area contributed by atoms with E-state index in [2.05, 4.69) is 11.4 Å². The van der Waals surface area contributed by atoms with E-state index in [4.69, 9.17) is 5.26 Å². The minimum atomic E-state index is -3.15. The Morgan fingerprint density at radius 3 is 2.33 bits per heavy atom. The summed E-state index contributed by atoms with van der Waals surface area (Å²) in [5, 5.41) is 12.1. The molecule has 0 saturated heterocycles.